The van der Waals surface area contributed by atoms with Gasteiger partial charge in [0, 0.05) is 27.8 Å². The Hall–Kier alpha value is -10.6. The summed E-state index contributed by atoms with van der Waals surface area (Å²) in [5.41, 5.74) is 76.3. The van der Waals surface area contributed by atoms with Crippen LogP contribution in [0.1, 0.15) is 70.1 Å². The minimum atomic E-state index is -0.290. The highest BCUT2D eigenvalue weighted by atomic mass is 19.1. The van der Waals surface area contributed by atoms with Crippen LogP contribution < -0.4 is 57.3 Å². The highest BCUT2D eigenvalue weighted by Gasteiger charge is 2.16. The Morgan fingerprint density at radius 3 is 0.940 bits per heavy atom. The van der Waals surface area contributed by atoms with Crippen LogP contribution in [0.2, 0.25) is 0 Å². The first-order chi connectivity index (χ1) is 39.3. The van der Waals surface area contributed by atoms with Gasteiger partial charge in [0.1, 0.15) is 34.9 Å². The number of hydrogen-bond donors (Lipinski definition) is 10. The van der Waals surface area contributed by atoms with Crippen molar-refractivity contribution in [2.75, 3.05) is 57.3 Å². The van der Waals surface area contributed by atoms with Crippen LogP contribution in [0, 0.1) is 61.2 Å². The molecule has 5 aromatic carbocycles. The largest absolute Gasteiger partial charge is 0.383 e. The molecule has 0 saturated heterocycles. The molecule has 20 nitrogen and oxygen atoms in total. The Morgan fingerprint density at radius 2 is 0.590 bits per heavy atom. The monoisotopic (exact) mass is 1120 g/mol. The number of anilines is 10. The van der Waals surface area contributed by atoms with Crippen molar-refractivity contribution in [3.63, 3.8) is 0 Å². The molecule has 83 heavy (non-hydrogen) atoms. The first kappa shape index (κ1) is 61.6. The number of hydrogen-bond acceptors (Lipinski definition) is 20. The van der Waals surface area contributed by atoms with Crippen LogP contribution in [0.5, 0.6) is 0 Å². The van der Waals surface area contributed by atoms with Crippen LogP contribution in [0.25, 0.3) is 55.6 Å². The van der Waals surface area contributed by atoms with Crippen molar-refractivity contribution in [2.24, 2.45) is 0 Å². The second-order valence-electron chi connectivity index (χ2n) is 19.6. The molecule has 20 N–H and O–H groups in total. The molecule has 0 bridgehead atoms. The zero-order valence-electron chi connectivity index (χ0n) is 48.5. The molecular weight excluding hydrogens is 1040 g/mol. The highest BCUT2D eigenvalue weighted by Crippen LogP contribution is 2.33. The number of halogens is 1. The lowest BCUT2D eigenvalue weighted by molar-refractivity contribution is 0.628. The molecule has 10 aromatic rings. The smallest absolute Gasteiger partial charge is 0.222 e. The van der Waals surface area contributed by atoms with Gasteiger partial charge in [-0.25, -0.2) is 29.3 Å². The third-order valence-electron chi connectivity index (χ3n) is 12.8. The van der Waals surface area contributed by atoms with Crippen molar-refractivity contribution in [3.8, 4) is 55.6 Å². The van der Waals surface area contributed by atoms with Crippen molar-refractivity contribution in [2.45, 2.75) is 82.1 Å². The molecule has 0 spiro atoms. The van der Waals surface area contributed by atoms with Gasteiger partial charge >= 0.3 is 0 Å². The van der Waals surface area contributed by atoms with E-state index in [1.54, 1.807) is 12.1 Å². The SMILES string of the molecule is CCc1nc(N)nc(N)c1-c1ccc(C)cc1.CCc1nc(N)nc(N)c1-c1ccc(F)cc1.Cc1cc(C)cc(-c2c(C)nc(N)nc2N)c1.Cc1ccc(-c2c(C)nc(N)nc2N)cc1.Cc1cccc(-c2c(C)nc(N)nc2N)c1. The molecular formula is C62H73FN20. The normalized spacial score (nSPS) is 10.4. The predicted molar refractivity (Wildman–Crippen MR) is 338 cm³/mol. The zero-order valence-corrected chi connectivity index (χ0v) is 48.5. The van der Waals surface area contributed by atoms with Crippen LogP contribution in [-0.4, -0.2) is 49.8 Å². The molecule has 0 fully saturated rings. The van der Waals surface area contributed by atoms with E-state index >= 15 is 0 Å². The Balaban J connectivity index is 0.000000167. The number of nitrogens with two attached hydrogens (primary N) is 10. The fourth-order valence-electron chi connectivity index (χ4n) is 9.13. The number of aromatic nitrogens is 10. The molecule has 0 aliphatic heterocycles. The molecule has 0 saturated carbocycles. The van der Waals surface area contributed by atoms with E-state index in [1.165, 1.54) is 39.9 Å². The van der Waals surface area contributed by atoms with Gasteiger partial charge in [0.05, 0.1) is 28.5 Å². The van der Waals surface area contributed by atoms with Gasteiger partial charge in [0.25, 0.3) is 0 Å². The maximum atomic E-state index is 12.9. The van der Waals surface area contributed by atoms with Crippen LogP contribution in [0.4, 0.5) is 63.2 Å². The molecule has 0 unspecified atom stereocenters. The number of aryl methyl sites for hydroxylation is 10. The predicted octanol–water partition coefficient (Wildman–Crippen LogP) is 10.3. The van der Waals surface area contributed by atoms with E-state index in [4.69, 9.17) is 57.3 Å². The fourth-order valence-corrected chi connectivity index (χ4v) is 9.13. The summed E-state index contributed by atoms with van der Waals surface area (Å²) in [7, 11) is 0. The first-order valence-electron chi connectivity index (χ1n) is 26.4. The second kappa shape index (κ2) is 27.5. The van der Waals surface area contributed by atoms with Crippen molar-refractivity contribution >= 4 is 58.8 Å². The zero-order chi connectivity index (χ0) is 60.8. The molecule has 21 heteroatoms. The Labute approximate surface area is 483 Å². The number of nitrogens with zero attached hydrogens (tertiary/aromatic N) is 10. The average molecular weight is 1120 g/mol. The van der Waals surface area contributed by atoms with Crippen LogP contribution in [0.3, 0.4) is 0 Å². The average Bonchev–Trinajstić information content (AvgIpc) is 3.42. The molecule has 0 aliphatic carbocycles. The Morgan fingerprint density at radius 1 is 0.289 bits per heavy atom. The topological polar surface area (TPSA) is 389 Å². The lowest BCUT2D eigenvalue weighted by Crippen LogP contribution is -2.06. The third kappa shape index (κ3) is 16.3. The summed E-state index contributed by atoms with van der Waals surface area (Å²) < 4.78 is 12.9. The van der Waals surface area contributed by atoms with Gasteiger partial charge in [-0.15, -0.1) is 0 Å². The third-order valence-corrected chi connectivity index (χ3v) is 12.8. The molecule has 428 valence electrons. The summed E-state index contributed by atoms with van der Waals surface area (Å²) in [6.45, 7) is 19.9. The quantitative estimate of drug-likeness (QED) is 0.0709. The van der Waals surface area contributed by atoms with Crippen LogP contribution in [0.15, 0.2) is 115 Å². The number of nitrogen functional groups attached to an aromatic ring is 10. The second-order valence-corrected chi connectivity index (χ2v) is 19.6. The minimum absolute atomic E-state index is 0.158. The molecule has 10 rings (SSSR count). The summed E-state index contributed by atoms with van der Waals surface area (Å²) >= 11 is 0. The lowest BCUT2D eigenvalue weighted by Gasteiger charge is -2.10. The van der Waals surface area contributed by atoms with Crippen LogP contribution >= 0.6 is 0 Å². The van der Waals surface area contributed by atoms with Crippen molar-refractivity contribution in [1.82, 2.24) is 49.8 Å². The fraction of sp³-hybridized carbons (Fsp3) is 0.194. The number of benzene rings is 5. The summed E-state index contributed by atoms with van der Waals surface area (Å²) in [5, 5.41) is 0. The Kier molecular flexibility index (Phi) is 20.5. The molecule has 5 heterocycles. The van der Waals surface area contributed by atoms with Gasteiger partial charge in [-0.05, 0) is 108 Å². The molecule has 0 atom stereocenters. The van der Waals surface area contributed by atoms with Gasteiger partial charge in [0.2, 0.25) is 29.7 Å². The van der Waals surface area contributed by atoms with Gasteiger partial charge in [-0.3, -0.25) is 0 Å². The Bertz CT molecular complexity index is 3680. The highest BCUT2D eigenvalue weighted by molar-refractivity contribution is 5.80. The molecule has 0 radical (unpaired) electrons. The standard InChI is InChI=1S/2C13H16N4.C12H13FN4.2C12H14N4/c1-7-4-8(2)6-10(5-7)11-9(3)16-13(15)17-12(11)14;1-3-10-11(12(14)17-13(15)16-10)9-6-4-8(2)5-7-9;1-2-9-10(11(14)17-12(15)16-9)7-3-5-8(13)6-4-7;1-7-3-5-9(6-4-7)10-8(2)15-12(14)16-11(10)13;1-7-4-3-5-9(6-7)10-8(2)15-12(14)16-11(10)13/h4-6H,1-3H3,(H4,14,15,16,17);4-7H,3H2,1-2H3,(H4,14,15,16,17);3-6H,2H2,1H3,(H4,14,15,16,17);2*3-6H,1-2H3,(H4,13,14,15,16). The van der Waals surface area contributed by atoms with E-state index in [0.717, 1.165) is 90.5 Å². The summed E-state index contributed by atoms with van der Waals surface area (Å²) in [5.74, 6) is 2.79. The maximum absolute atomic E-state index is 12.9. The summed E-state index contributed by atoms with van der Waals surface area (Å²) in [4.78, 5) is 40.7. The van der Waals surface area contributed by atoms with Crippen molar-refractivity contribution in [1.29, 1.82) is 0 Å². The molecule has 0 aliphatic rings. The summed E-state index contributed by atoms with van der Waals surface area (Å²) in [6, 6.07) is 36.6. The van der Waals surface area contributed by atoms with Crippen molar-refractivity contribution in [3.05, 3.63) is 177 Å². The first-order valence-corrected chi connectivity index (χ1v) is 26.4. The van der Waals surface area contributed by atoms with E-state index in [-0.39, 0.29) is 35.6 Å². The van der Waals surface area contributed by atoms with E-state index < -0.39 is 0 Å². The lowest BCUT2D eigenvalue weighted by atomic mass is 10.00. The van der Waals surface area contributed by atoms with Gasteiger partial charge in [-0.1, -0.05) is 145 Å². The van der Waals surface area contributed by atoms with Gasteiger partial charge in [-0.2, -0.15) is 24.9 Å². The van der Waals surface area contributed by atoms with Gasteiger partial charge in [0.15, 0.2) is 0 Å². The maximum Gasteiger partial charge on any atom is 0.222 e. The van der Waals surface area contributed by atoms with E-state index in [1.807, 2.05) is 122 Å². The number of rotatable bonds is 7. The van der Waals surface area contributed by atoms with E-state index in [9.17, 15) is 4.39 Å². The van der Waals surface area contributed by atoms with E-state index in [0.29, 0.717) is 35.5 Å². The van der Waals surface area contributed by atoms with Crippen molar-refractivity contribution < 1.29 is 4.39 Å². The van der Waals surface area contributed by atoms with E-state index in [2.05, 4.69) is 88.0 Å². The van der Waals surface area contributed by atoms with Crippen LogP contribution in [-0.2, 0) is 12.8 Å². The summed E-state index contributed by atoms with van der Waals surface area (Å²) in [6.07, 6.45) is 1.46. The molecule has 5 aromatic heterocycles. The molecule has 0 amide bonds. The minimum Gasteiger partial charge on any atom is -0.383 e. The van der Waals surface area contributed by atoms with Gasteiger partial charge < -0.3 is 57.3 Å².